The number of hydrogen-bond acceptors (Lipinski definition) is 5. The summed E-state index contributed by atoms with van der Waals surface area (Å²) in [7, 11) is 0. The number of aromatic nitrogens is 1. The zero-order chi connectivity index (χ0) is 22.7. The third kappa shape index (κ3) is 6.89. The summed E-state index contributed by atoms with van der Waals surface area (Å²) in [5.41, 5.74) is -0.169. The highest BCUT2D eigenvalue weighted by atomic mass is 16.6. The minimum atomic E-state index is -0.579. The van der Waals surface area contributed by atoms with Gasteiger partial charge in [0.2, 0.25) is 0 Å². The number of pyridine rings is 1. The SMILES string of the molecule is CC(C)CN(C(=O)OC(C)(C)C)c1ccc([C@H]2CCCN2C(=O)OC(C)(C)C)cn1. The average Bonchev–Trinajstić information content (AvgIpc) is 3.06. The lowest BCUT2D eigenvalue weighted by Crippen LogP contribution is -2.39. The van der Waals surface area contributed by atoms with E-state index < -0.39 is 17.3 Å². The average molecular weight is 420 g/mol. The van der Waals surface area contributed by atoms with Crippen molar-refractivity contribution < 1.29 is 19.1 Å². The number of anilines is 1. The molecule has 1 fully saturated rings. The Labute approximate surface area is 180 Å². The van der Waals surface area contributed by atoms with E-state index >= 15 is 0 Å². The van der Waals surface area contributed by atoms with Crippen molar-refractivity contribution in [2.75, 3.05) is 18.0 Å². The number of amides is 2. The van der Waals surface area contributed by atoms with Gasteiger partial charge in [-0.25, -0.2) is 14.6 Å². The highest BCUT2D eigenvalue weighted by Gasteiger charge is 2.33. The number of nitrogens with zero attached hydrogens (tertiary/aromatic N) is 3. The van der Waals surface area contributed by atoms with Gasteiger partial charge in [0.25, 0.3) is 0 Å². The normalized spacial score (nSPS) is 17.2. The third-order valence-electron chi connectivity index (χ3n) is 4.47. The van der Waals surface area contributed by atoms with Crippen LogP contribution in [0.15, 0.2) is 18.3 Å². The van der Waals surface area contributed by atoms with E-state index in [1.807, 2.05) is 67.5 Å². The fourth-order valence-corrected chi connectivity index (χ4v) is 3.35. The second-order valence-electron chi connectivity index (χ2n) is 10.3. The molecule has 0 unspecified atom stereocenters. The van der Waals surface area contributed by atoms with Gasteiger partial charge in [-0.05, 0) is 71.9 Å². The van der Waals surface area contributed by atoms with Crippen LogP contribution in [0.4, 0.5) is 15.4 Å². The molecule has 7 nitrogen and oxygen atoms in total. The maximum atomic E-state index is 12.7. The molecule has 1 aliphatic rings. The van der Waals surface area contributed by atoms with Gasteiger partial charge < -0.3 is 14.4 Å². The largest absolute Gasteiger partial charge is 0.444 e. The summed E-state index contributed by atoms with van der Waals surface area (Å²) < 4.78 is 11.1. The molecule has 0 aliphatic carbocycles. The highest BCUT2D eigenvalue weighted by Crippen LogP contribution is 2.33. The van der Waals surface area contributed by atoms with E-state index in [0.29, 0.717) is 18.9 Å². The van der Waals surface area contributed by atoms with Crippen molar-refractivity contribution in [3.8, 4) is 0 Å². The van der Waals surface area contributed by atoms with Gasteiger partial charge >= 0.3 is 12.2 Å². The monoisotopic (exact) mass is 419 g/mol. The van der Waals surface area contributed by atoms with E-state index in [0.717, 1.165) is 18.4 Å². The van der Waals surface area contributed by atoms with Crippen LogP contribution in [0.1, 0.15) is 79.8 Å². The molecule has 1 aliphatic heterocycles. The van der Waals surface area contributed by atoms with E-state index in [1.165, 1.54) is 0 Å². The molecule has 7 heteroatoms. The van der Waals surface area contributed by atoms with E-state index in [2.05, 4.69) is 4.98 Å². The molecule has 2 heterocycles. The first-order valence-corrected chi connectivity index (χ1v) is 10.7. The van der Waals surface area contributed by atoms with Gasteiger partial charge in [-0.2, -0.15) is 0 Å². The molecular formula is C23H37N3O4. The van der Waals surface area contributed by atoms with Crippen LogP contribution in [-0.4, -0.2) is 46.4 Å². The molecule has 0 bridgehead atoms. The molecule has 1 aromatic heterocycles. The Morgan fingerprint density at radius 1 is 1.13 bits per heavy atom. The van der Waals surface area contributed by atoms with Crippen LogP contribution < -0.4 is 4.90 Å². The Morgan fingerprint density at radius 3 is 2.27 bits per heavy atom. The minimum absolute atomic E-state index is 0.0681. The summed E-state index contributed by atoms with van der Waals surface area (Å²) in [6.45, 7) is 16.4. The predicted octanol–water partition coefficient (Wildman–Crippen LogP) is 5.55. The summed E-state index contributed by atoms with van der Waals surface area (Å²) in [6.07, 6.45) is 2.82. The Kier molecular flexibility index (Phi) is 7.37. The number of likely N-dealkylation sites (tertiary alicyclic amines) is 1. The quantitative estimate of drug-likeness (QED) is 0.640. The van der Waals surface area contributed by atoms with Gasteiger partial charge in [0.15, 0.2) is 0 Å². The number of carbonyl (C=O) groups is 2. The Morgan fingerprint density at radius 2 is 1.77 bits per heavy atom. The summed E-state index contributed by atoms with van der Waals surface area (Å²) in [6, 6.07) is 3.70. The molecule has 0 aromatic carbocycles. The number of rotatable bonds is 4. The first-order chi connectivity index (χ1) is 13.8. The second kappa shape index (κ2) is 9.23. The van der Waals surface area contributed by atoms with Crippen LogP contribution in [0.3, 0.4) is 0 Å². The molecule has 1 aromatic rings. The van der Waals surface area contributed by atoms with E-state index in [1.54, 1.807) is 16.0 Å². The maximum Gasteiger partial charge on any atom is 0.416 e. The molecule has 0 N–H and O–H groups in total. The van der Waals surface area contributed by atoms with E-state index in [4.69, 9.17) is 9.47 Å². The fraction of sp³-hybridized carbons (Fsp3) is 0.696. The molecule has 0 spiro atoms. The lowest BCUT2D eigenvalue weighted by Gasteiger charge is -2.29. The van der Waals surface area contributed by atoms with Gasteiger partial charge in [0.1, 0.15) is 17.0 Å². The minimum Gasteiger partial charge on any atom is -0.444 e. The molecule has 168 valence electrons. The van der Waals surface area contributed by atoms with Crippen molar-refractivity contribution in [1.29, 1.82) is 0 Å². The van der Waals surface area contributed by atoms with E-state index in [9.17, 15) is 9.59 Å². The van der Waals surface area contributed by atoms with Gasteiger partial charge in [-0.15, -0.1) is 0 Å². The maximum absolute atomic E-state index is 12.7. The zero-order valence-electron chi connectivity index (χ0n) is 19.7. The summed E-state index contributed by atoms with van der Waals surface area (Å²) >= 11 is 0. The van der Waals surface area contributed by atoms with Gasteiger partial charge in [-0.1, -0.05) is 19.9 Å². The Balaban J connectivity index is 2.20. The predicted molar refractivity (Wildman–Crippen MR) is 118 cm³/mol. The standard InChI is InChI=1S/C23H37N3O4/c1-16(2)15-26(21(28)30-23(6,7)8)19-12-11-17(14-24-19)18-10-9-13-25(18)20(27)29-22(3,4)5/h11-12,14,16,18H,9-10,13,15H2,1-8H3/t18-/m1/s1. The Bertz CT molecular complexity index is 732. The van der Waals surface area contributed by atoms with Crippen LogP contribution in [0.5, 0.6) is 0 Å². The first-order valence-electron chi connectivity index (χ1n) is 10.7. The Hall–Kier alpha value is -2.31. The molecular weight excluding hydrogens is 382 g/mol. The summed E-state index contributed by atoms with van der Waals surface area (Å²) in [5, 5.41) is 0. The number of hydrogen-bond donors (Lipinski definition) is 0. The van der Waals surface area contributed by atoms with Crippen molar-refractivity contribution in [2.24, 2.45) is 5.92 Å². The van der Waals surface area contributed by atoms with Crippen molar-refractivity contribution in [1.82, 2.24) is 9.88 Å². The number of carbonyl (C=O) groups excluding carboxylic acids is 2. The van der Waals surface area contributed by atoms with Gasteiger partial charge in [-0.3, -0.25) is 4.90 Å². The van der Waals surface area contributed by atoms with Crippen LogP contribution in [0.25, 0.3) is 0 Å². The molecule has 2 rings (SSSR count). The lowest BCUT2D eigenvalue weighted by molar-refractivity contribution is 0.0224. The third-order valence-corrected chi connectivity index (χ3v) is 4.47. The van der Waals surface area contributed by atoms with Gasteiger partial charge in [0, 0.05) is 19.3 Å². The van der Waals surface area contributed by atoms with Crippen LogP contribution in [0, 0.1) is 5.92 Å². The number of ether oxygens (including phenoxy) is 2. The molecule has 1 atom stereocenters. The van der Waals surface area contributed by atoms with Crippen LogP contribution in [-0.2, 0) is 9.47 Å². The lowest BCUT2D eigenvalue weighted by atomic mass is 10.1. The van der Waals surface area contributed by atoms with Crippen molar-refractivity contribution in [3.63, 3.8) is 0 Å². The van der Waals surface area contributed by atoms with Crippen molar-refractivity contribution in [2.45, 2.75) is 85.5 Å². The summed E-state index contributed by atoms with van der Waals surface area (Å²) in [5.74, 6) is 0.806. The first kappa shape index (κ1) is 24.0. The molecule has 1 saturated heterocycles. The van der Waals surface area contributed by atoms with Crippen LogP contribution >= 0.6 is 0 Å². The summed E-state index contributed by atoms with van der Waals surface area (Å²) in [4.78, 5) is 33.2. The topological polar surface area (TPSA) is 72.0 Å². The zero-order valence-corrected chi connectivity index (χ0v) is 19.7. The van der Waals surface area contributed by atoms with Crippen LogP contribution in [0.2, 0.25) is 0 Å². The second-order valence-corrected chi connectivity index (χ2v) is 10.3. The molecule has 2 amide bonds. The van der Waals surface area contributed by atoms with Crippen molar-refractivity contribution in [3.05, 3.63) is 23.9 Å². The molecule has 30 heavy (non-hydrogen) atoms. The molecule has 0 saturated carbocycles. The smallest absolute Gasteiger partial charge is 0.416 e. The highest BCUT2D eigenvalue weighted by molar-refractivity contribution is 5.86. The fourth-order valence-electron chi connectivity index (χ4n) is 3.35. The van der Waals surface area contributed by atoms with Crippen molar-refractivity contribution >= 4 is 18.0 Å². The van der Waals surface area contributed by atoms with E-state index in [-0.39, 0.29) is 18.1 Å². The van der Waals surface area contributed by atoms with Gasteiger partial charge in [0.05, 0.1) is 6.04 Å². The molecule has 0 radical (unpaired) electrons.